The molecule has 184 valence electrons. The molecule has 0 aliphatic rings. The SMILES string of the molecule is CCOc1nc(-c2cccc(C(F)(F)F)c2)n(-c2cccc(NC(=O)c3ccc([N+](=O)[O-])cc3)c2)n1. The number of ether oxygens (including phenoxy) is 1. The van der Waals surface area contributed by atoms with Gasteiger partial charge in [-0.15, -0.1) is 5.10 Å². The zero-order valence-electron chi connectivity index (χ0n) is 18.7. The lowest BCUT2D eigenvalue weighted by Gasteiger charge is -2.11. The minimum absolute atomic E-state index is 0.0229. The van der Waals surface area contributed by atoms with E-state index in [1.807, 2.05) is 0 Å². The first-order valence-corrected chi connectivity index (χ1v) is 10.6. The Hall–Kier alpha value is -4.74. The van der Waals surface area contributed by atoms with Crippen molar-refractivity contribution in [3.05, 3.63) is 94.0 Å². The fourth-order valence-electron chi connectivity index (χ4n) is 3.34. The van der Waals surface area contributed by atoms with Crippen molar-refractivity contribution >= 4 is 17.3 Å². The highest BCUT2D eigenvalue weighted by Crippen LogP contribution is 2.33. The maximum absolute atomic E-state index is 13.3. The molecule has 1 heterocycles. The van der Waals surface area contributed by atoms with Crippen LogP contribution in [0.1, 0.15) is 22.8 Å². The lowest BCUT2D eigenvalue weighted by atomic mass is 10.1. The van der Waals surface area contributed by atoms with Gasteiger partial charge in [0.2, 0.25) is 0 Å². The van der Waals surface area contributed by atoms with Crippen LogP contribution in [0, 0.1) is 10.1 Å². The second-order valence-corrected chi connectivity index (χ2v) is 7.45. The lowest BCUT2D eigenvalue weighted by Crippen LogP contribution is -2.12. The number of nitro groups is 1. The van der Waals surface area contributed by atoms with Gasteiger partial charge in [-0.1, -0.05) is 18.2 Å². The molecule has 0 aliphatic heterocycles. The van der Waals surface area contributed by atoms with Crippen molar-refractivity contribution in [3.63, 3.8) is 0 Å². The largest absolute Gasteiger partial charge is 0.463 e. The van der Waals surface area contributed by atoms with E-state index >= 15 is 0 Å². The second kappa shape index (κ2) is 9.86. The highest BCUT2D eigenvalue weighted by Gasteiger charge is 2.31. The lowest BCUT2D eigenvalue weighted by molar-refractivity contribution is -0.384. The van der Waals surface area contributed by atoms with E-state index in [0.29, 0.717) is 11.4 Å². The zero-order valence-corrected chi connectivity index (χ0v) is 18.7. The number of nitro benzene ring substituents is 1. The van der Waals surface area contributed by atoms with Crippen molar-refractivity contribution in [3.8, 4) is 23.1 Å². The van der Waals surface area contributed by atoms with Crippen LogP contribution in [0.25, 0.3) is 17.1 Å². The van der Waals surface area contributed by atoms with E-state index < -0.39 is 22.6 Å². The van der Waals surface area contributed by atoms with Crippen molar-refractivity contribution in [2.45, 2.75) is 13.1 Å². The molecular formula is C24H18F3N5O4. The van der Waals surface area contributed by atoms with Crippen LogP contribution in [0.5, 0.6) is 6.01 Å². The molecule has 0 saturated heterocycles. The normalized spacial score (nSPS) is 11.2. The molecule has 0 atom stereocenters. The average molecular weight is 497 g/mol. The molecule has 0 bridgehead atoms. The van der Waals surface area contributed by atoms with E-state index in [9.17, 15) is 28.1 Å². The number of aromatic nitrogens is 3. The summed E-state index contributed by atoms with van der Waals surface area (Å²) in [7, 11) is 0. The number of hydrogen-bond acceptors (Lipinski definition) is 6. The number of hydrogen-bond donors (Lipinski definition) is 1. The topological polar surface area (TPSA) is 112 Å². The molecule has 0 saturated carbocycles. The Morgan fingerprint density at radius 1 is 1.08 bits per heavy atom. The number of nitrogens with zero attached hydrogens (tertiary/aromatic N) is 4. The van der Waals surface area contributed by atoms with E-state index in [2.05, 4.69) is 15.4 Å². The third-order valence-corrected chi connectivity index (χ3v) is 5.00. The highest BCUT2D eigenvalue weighted by atomic mass is 19.4. The fourth-order valence-corrected chi connectivity index (χ4v) is 3.34. The Morgan fingerprint density at radius 3 is 2.47 bits per heavy atom. The van der Waals surface area contributed by atoms with E-state index in [-0.39, 0.29) is 35.3 Å². The van der Waals surface area contributed by atoms with Crippen molar-refractivity contribution in [1.29, 1.82) is 0 Å². The number of halogens is 3. The van der Waals surface area contributed by atoms with Crippen LogP contribution in [0.15, 0.2) is 72.8 Å². The summed E-state index contributed by atoms with van der Waals surface area (Å²) < 4.78 is 46.5. The van der Waals surface area contributed by atoms with Gasteiger partial charge in [0.25, 0.3) is 11.6 Å². The molecular weight excluding hydrogens is 479 g/mol. The fraction of sp³-hybridized carbons (Fsp3) is 0.125. The van der Waals surface area contributed by atoms with Gasteiger partial charge in [-0.05, 0) is 49.4 Å². The minimum Gasteiger partial charge on any atom is -0.463 e. The van der Waals surface area contributed by atoms with Crippen LogP contribution < -0.4 is 10.1 Å². The maximum atomic E-state index is 13.3. The first-order chi connectivity index (χ1) is 17.2. The standard InChI is InChI=1S/C24H18F3N5O4/c1-2-36-23-29-21(16-5-3-6-17(13-16)24(25,26)27)31(30-23)20-8-4-7-18(14-20)28-22(33)15-9-11-19(12-10-15)32(34)35/h3-14H,2H2,1H3,(H,28,33). The van der Waals surface area contributed by atoms with Gasteiger partial charge in [0.1, 0.15) is 0 Å². The van der Waals surface area contributed by atoms with Crippen molar-refractivity contribution in [2.24, 2.45) is 0 Å². The number of alkyl halides is 3. The highest BCUT2D eigenvalue weighted by molar-refractivity contribution is 6.04. The molecule has 4 aromatic rings. The summed E-state index contributed by atoms with van der Waals surface area (Å²) in [6.07, 6.45) is -4.54. The molecule has 0 radical (unpaired) electrons. The Kier molecular flexibility index (Phi) is 6.68. The Balaban J connectivity index is 1.67. The van der Waals surface area contributed by atoms with Crippen LogP contribution in [0.4, 0.5) is 24.5 Å². The molecule has 1 aromatic heterocycles. The summed E-state index contributed by atoms with van der Waals surface area (Å²) in [6.45, 7) is 1.97. The minimum atomic E-state index is -4.54. The maximum Gasteiger partial charge on any atom is 0.416 e. The third-order valence-electron chi connectivity index (χ3n) is 5.00. The summed E-state index contributed by atoms with van der Waals surface area (Å²) in [5.41, 5.74) is 0.156. The van der Waals surface area contributed by atoms with Crippen molar-refractivity contribution < 1.29 is 27.6 Å². The summed E-state index contributed by atoms with van der Waals surface area (Å²) in [4.78, 5) is 27.1. The molecule has 0 fully saturated rings. The molecule has 4 rings (SSSR count). The van der Waals surface area contributed by atoms with Gasteiger partial charge in [0.15, 0.2) is 5.82 Å². The molecule has 3 aromatic carbocycles. The number of carbonyl (C=O) groups is 1. The predicted octanol–water partition coefficient (Wildman–Crippen LogP) is 5.51. The number of non-ortho nitro benzene ring substituents is 1. The summed E-state index contributed by atoms with van der Waals surface area (Å²) in [6, 6.07) is 16.2. The van der Waals surface area contributed by atoms with Gasteiger partial charge in [-0.2, -0.15) is 18.2 Å². The first kappa shape index (κ1) is 24.4. The number of amides is 1. The van der Waals surface area contributed by atoms with Gasteiger partial charge in [-0.3, -0.25) is 14.9 Å². The molecule has 36 heavy (non-hydrogen) atoms. The van der Waals surface area contributed by atoms with Gasteiger partial charge in [-0.25, -0.2) is 4.68 Å². The number of rotatable bonds is 7. The van der Waals surface area contributed by atoms with E-state index in [4.69, 9.17) is 4.74 Å². The van der Waals surface area contributed by atoms with Crippen molar-refractivity contribution in [1.82, 2.24) is 14.8 Å². The van der Waals surface area contributed by atoms with Crippen LogP contribution in [0.2, 0.25) is 0 Å². The van der Waals surface area contributed by atoms with Gasteiger partial charge < -0.3 is 10.1 Å². The van der Waals surface area contributed by atoms with E-state index in [0.717, 1.165) is 12.1 Å². The average Bonchev–Trinajstić information content (AvgIpc) is 3.28. The van der Waals surface area contributed by atoms with Crippen LogP contribution in [-0.4, -0.2) is 32.2 Å². The Morgan fingerprint density at radius 2 is 1.81 bits per heavy atom. The molecule has 9 nitrogen and oxygen atoms in total. The van der Waals surface area contributed by atoms with E-state index in [1.54, 1.807) is 31.2 Å². The number of benzene rings is 3. The summed E-state index contributed by atoms with van der Waals surface area (Å²) >= 11 is 0. The van der Waals surface area contributed by atoms with Gasteiger partial charge >= 0.3 is 12.2 Å². The van der Waals surface area contributed by atoms with Gasteiger partial charge in [0.05, 0.1) is 22.8 Å². The smallest absolute Gasteiger partial charge is 0.416 e. The Labute approximate surface area is 202 Å². The van der Waals surface area contributed by atoms with Crippen LogP contribution in [0.3, 0.4) is 0 Å². The second-order valence-electron chi connectivity index (χ2n) is 7.45. The number of carbonyl (C=O) groups excluding carboxylic acids is 1. The van der Waals surface area contributed by atoms with Crippen molar-refractivity contribution in [2.75, 3.05) is 11.9 Å². The Bertz CT molecular complexity index is 1420. The molecule has 1 N–H and O–H groups in total. The monoisotopic (exact) mass is 497 g/mol. The number of anilines is 1. The van der Waals surface area contributed by atoms with E-state index in [1.165, 1.54) is 41.1 Å². The molecule has 0 spiro atoms. The van der Waals surface area contributed by atoms with Gasteiger partial charge in [0, 0.05) is 28.9 Å². The molecule has 0 unspecified atom stereocenters. The summed E-state index contributed by atoms with van der Waals surface area (Å²) in [5, 5.41) is 17.8. The number of nitrogens with one attached hydrogen (secondary N) is 1. The third kappa shape index (κ3) is 5.32. The first-order valence-electron chi connectivity index (χ1n) is 10.6. The molecule has 0 aliphatic carbocycles. The molecule has 1 amide bonds. The predicted molar refractivity (Wildman–Crippen MR) is 124 cm³/mol. The van der Waals surface area contributed by atoms with Crippen LogP contribution >= 0.6 is 0 Å². The summed E-state index contributed by atoms with van der Waals surface area (Å²) in [5.74, 6) is -0.392. The molecule has 12 heteroatoms. The quantitative estimate of drug-likeness (QED) is 0.266. The van der Waals surface area contributed by atoms with Crippen LogP contribution in [-0.2, 0) is 6.18 Å². The zero-order chi connectivity index (χ0) is 25.9.